The number of hydrogen-bond donors (Lipinski definition) is 1. The predicted octanol–water partition coefficient (Wildman–Crippen LogP) is 2.47. The van der Waals surface area contributed by atoms with Crippen molar-refractivity contribution in [2.75, 3.05) is 5.32 Å². The maximum Gasteiger partial charge on any atom is 0.341 e. The largest absolute Gasteiger partial charge is 0.353 e. The molecule has 0 bridgehead atoms. The number of alkyl halides is 2. The van der Waals surface area contributed by atoms with Crippen molar-refractivity contribution in [1.82, 2.24) is 9.78 Å². The fourth-order valence-electron chi connectivity index (χ4n) is 1.71. The Morgan fingerprint density at radius 2 is 1.85 bits per heavy atom. The zero-order chi connectivity index (χ0) is 14.9. The summed E-state index contributed by atoms with van der Waals surface area (Å²) in [6.45, 7) is 1.82. The van der Waals surface area contributed by atoms with Gasteiger partial charge in [-0.25, -0.2) is 8.42 Å². The van der Waals surface area contributed by atoms with Crippen LogP contribution in [-0.4, -0.2) is 24.0 Å². The standard InChI is InChI=1S/C12H13F2N3O2S/c1-8-11(7-17(2)16-8)15-9-3-5-10(6-4-9)20(18,19)12(13)14/h3-7,12,15H,1-2H3. The van der Waals surface area contributed by atoms with Gasteiger partial charge in [0, 0.05) is 18.9 Å². The van der Waals surface area contributed by atoms with Gasteiger partial charge in [-0.1, -0.05) is 0 Å². The van der Waals surface area contributed by atoms with E-state index in [1.54, 1.807) is 17.9 Å². The van der Waals surface area contributed by atoms with E-state index < -0.39 is 20.5 Å². The molecule has 2 aromatic rings. The van der Waals surface area contributed by atoms with Gasteiger partial charge in [0.1, 0.15) is 0 Å². The number of sulfone groups is 1. The summed E-state index contributed by atoms with van der Waals surface area (Å²) >= 11 is 0. The summed E-state index contributed by atoms with van der Waals surface area (Å²) in [5, 5.41) is 7.18. The first kappa shape index (κ1) is 14.4. The van der Waals surface area contributed by atoms with E-state index in [0.717, 1.165) is 23.5 Å². The van der Waals surface area contributed by atoms with Gasteiger partial charge in [0.15, 0.2) is 0 Å². The van der Waals surface area contributed by atoms with Crippen molar-refractivity contribution in [3.05, 3.63) is 36.2 Å². The Kier molecular flexibility index (Phi) is 3.76. The van der Waals surface area contributed by atoms with Crippen molar-refractivity contribution < 1.29 is 17.2 Å². The molecule has 1 aromatic heterocycles. The Bertz CT molecular complexity index is 709. The van der Waals surface area contributed by atoms with Crippen LogP contribution in [-0.2, 0) is 16.9 Å². The minimum absolute atomic E-state index is 0.402. The topological polar surface area (TPSA) is 64.0 Å². The SMILES string of the molecule is Cc1nn(C)cc1Nc1ccc(S(=O)(=O)C(F)F)cc1. The number of aryl methyl sites for hydroxylation is 2. The van der Waals surface area contributed by atoms with Crippen LogP contribution in [0.25, 0.3) is 0 Å². The molecular weight excluding hydrogens is 288 g/mol. The van der Waals surface area contributed by atoms with E-state index in [0.29, 0.717) is 5.69 Å². The van der Waals surface area contributed by atoms with E-state index in [1.807, 2.05) is 6.92 Å². The highest BCUT2D eigenvalue weighted by Gasteiger charge is 2.26. The van der Waals surface area contributed by atoms with E-state index in [4.69, 9.17) is 0 Å². The third-order valence-electron chi connectivity index (χ3n) is 2.71. The first-order chi connectivity index (χ1) is 9.30. The van der Waals surface area contributed by atoms with E-state index in [-0.39, 0.29) is 0 Å². The number of anilines is 2. The number of hydrogen-bond acceptors (Lipinski definition) is 4. The Hall–Kier alpha value is -1.96. The smallest absolute Gasteiger partial charge is 0.341 e. The van der Waals surface area contributed by atoms with Gasteiger partial charge in [-0.15, -0.1) is 0 Å². The molecule has 0 saturated heterocycles. The summed E-state index contributed by atoms with van der Waals surface area (Å²) < 4.78 is 49.0. The third-order valence-corrected chi connectivity index (χ3v) is 4.11. The molecule has 1 N–H and O–H groups in total. The summed E-state index contributed by atoms with van der Waals surface area (Å²) in [5.74, 6) is -3.41. The number of benzene rings is 1. The van der Waals surface area contributed by atoms with Crippen LogP contribution in [0.2, 0.25) is 0 Å². The molecule has 0 atom stereocenters. The first-order valence-corrected chi connectivity index (χ1v) is 7.24. The molecule has 5 nitrogen and oxygen atoms in total. The second-order valence-electron chi connectivity index (χ2n) is 4.26. The maximum atomic E-state index is 12.4. The number of rotatable bonds is 4. The van der Waals surface area contributed by atoms with Crippen LogP contribution in [0.1, 0.15) is 5.69 Å². The highest BCUT2D eigenvalue weighted by molar-refractivity contribution is 7.91. The molecule has 0 saturated carbocycles. The van der Waals surface area contributed by atoms with E-state index in [9.17, 15) is 17.2 Å². The number of aromatic nitrogens is 2. The van der Waals surface area contributed by atoms with Crippen LogP contribution in [0.15, 0.2) is 35.4 Å². The summed E-state index contributed by atoms with van der Waals surface area (Å²) in [7, 11) is -2.77. The highest BCUT2D eigenvalue weighted by Crippen LogP contribution is 2.23. The van der Waals surface area contributed by atoms with Gasteiger partial charge in [0.05, 0.1) is 16.3 Å². The summed E-state index contributed by atoms with van der Waals surface area (Å²) in [6.07, 6.45) is 1.76. The van der Waals surface area contributed by atoms with Crippen LogP contribution >= 0.6 is 0 Å². The van der Waals surface area contributed by atoms with Gasteiger partial charge < -0.3 is 5.32 Å². The summed E-state index contributed by atoms with van der Waals surface area (Å²) in [4.78, 5) is -0.402. The summed E-state index contributed by atoms with van der Waals surface area (Å²) in [6, 6.07) is 5.16. The van der Waals surface area contributed by atoms with Crippen LogP contribution < -0.4 is 5.32 Å². The quantitative estimate of drug-likeness (QED) is 0.942. The molecule has 0 spiro atoms. The molecule has 1 heterocycles. The minimum Gasteiger partial charge on any atom is -0.353 e. The molecule has 0 aliphatic rings. The van der Waals surface area contributed by atoms with Gasteiger partial charge in [0.2, 0.25) is 9.84 Å². The lowest BCUT2D eigenvalue weighted by Gasteiger charge is -2.07. The van der Waals surface area contributed by atoms with Gasteiger partial charge in [-0.3, -0.25) is 4.68 Å². The Morgan fingerprint density at radius 3 is 2.30 bits per heavy atom. The van der Waals surface area contributed by atoms with Crippen molar-refractivity contribution in [2.45, 2.75) is 17.6 Å². The van der Waals surface area contributed by atoms with Crippen LogP contribution in [0.3, 0.4) is 0 Å². The summed E-state index contributed by atoms with van der Waals surface area (Å²) in [5.41, 5.74) is 2.13. The molecule has 0 radical (unpaired) electrons. The molecule has 0 aliphatic heterocycles. The van der Waals surface area contributed by atoms with Gasteiger partial charge in [0.25, 0.3) is 0 Å². The lowest BCUT2D eigenvalue weighted by Crippen LogP contribution is -2.11. The van der Waals surface area contributed by atoms with Crippen LogP contribution in [0.5, 0.6) is 0 Å². The first-order valence-electron chi connectivity index (χ1n) is 5.70. The monoisotopic (exact) mass is 301 g/mol. The fraction of sp³-hybridized carbons (Fsp3) is 0.250. The molecule has 0 fully saturated rings. The molecule has 0 aliphatic carbocycles. The van der Waals surface area contributed by atoms with E-state index in [2.05, 4.69) is 10.4 Å². The molecule has 20 heavy (non-hydrogen) atoms. The van der Waals surface area contributed by atoms with E-state index in [1.165, 1.54) is 12.1 Å². The molecule has 108 valence electrons. The van der Waals surface area contributed by atoms with Crippen molar-refractivity contribution >= 4 is 21.2 Å². The zero-order valence-electron chi connectivity index (χ0n) is 10.8. The maximum absolute atomic E-state index is 12.4. The molecule has 0 unspecified atom stereocenters. The lowest BCUT2D eigenvalue weighted by atomic mass is 10.3. The number of nitrogens with zero attached hydrogens (tertiary/aromatic N) is 2. The van der Waals surface area contributed by atoms with Crippen molar-refractivity contribution in [3.63, 3.8) is 0 Å². The van der Waals surface area contributed by atoms with Gasteiger partial charge >= 0.3 is 5.76 Å². The molecule has 0 amide bonds. The number of halogens is 2. The highest BCUT2D eigenvalue weighted by atomic mass is 32.2. The minimum atomic E-state index is -4.55. The second-order valence-corrected chi connectivity index (χ2v) is 6.17. The molecule has 1 aromatic carbocycles. The Labute approximate surface area is 115 Å². The van der Waals surface area contributed by atoms with Crippen molar-refractivity contribution in [2.24, 2.45) is 7.05 Å². The lowest BCUT2D eigenvalue weighted by molar-refractivity contribution is 0.234. The Balaban J connectivity index is 2.23. The zero-order valence-corrected chi connectivity index (χ0v) is 11.7. The molecule has 8 heteroatoms. The molecular formula is C12H13F2N3O2S. The predicted molar refractivity (Wildman–Crippen MR) is 70.9 cm³/mol. The van der Waals surface area contributed by atoms with E-state index >= 15 is 0 Å². The van der Waals surface area contributed by atoms with Crippen molar-refractivity contribution in [3.8, 4) is 0 Å². The third kappa shape index (κ3) is 2.79. The van der Waals surface area contributed by atoms with Crippen LogP contribution in [0.4, 0.5) is 20.2 Å². The van der Waals surface area contributed by atoms with Crippen LogP contribution in [0, 0.1) is 6.92 Å². The molecule has 2 rings (SSSR count). The average molecular weight is 301 g/mol. The number of nitrogens with one attached hydrogen (secondary N) is 1. The van der Waals surface area contributed by atoms with Crippen molar-refractivity contribution in [1.29, 1.82) is 0 Å². The Morgan fingerprint density at radius 1 is 1.25 bits per heavy atom. The van der Waals surface area contributed by atoms with Gasteiger partial charge in [-0.2, -0.15) is 13.9 Å². The second kappa shape index (κ2) is 5.20. The fourth-order valence-corrected chi connectivity index (χ4v) is 2.43. The average Bonchev–Trinajstić information content (AvgIpc) is 2.68. The van der Waals surface area contributed by atoms with Gasteiger partial charge in [-0.05, 0) is 31.2 Å². The normalized spacial score (nSPS) is 11.8.